The molecule has 0 atom stereocenters. The van der Waals surface area contributed by atoms with Gasteiger partial charge in [-0.25, -0.2) is 4.79 Å². The third-order valence-corrected chi connectivity index (χ3v) is 1.98. The van der Waals surface area contributed by atoms with E-state index in [0.717, 1.165) is 18.5 Å². The molecular weight excluding hydrogens is 142 g/mol. The normalized spacial score (nSPS) is 18.2. The maximum absolute atomic E-state index is 10.0. The van der Waals surface area contributed by atoms with Crippen LogP contribution in [0, 0.1) is 5.92 Å². The van der Waals surface area contributed by atoms with Gasteiger partial charge in [0.05, 0.1) is 0 Å². The lowest BCUT2D eigenvalue weighted by Crippen LogP contribution is -2.23. The lowest BCUT2D eigenvalue weighted by atomic mass is 9.85. The first kappa shape index (κ1) is 8.11. The Morgan fingerprint density at radius 3 is 2.82 bits per heavy atom. The van der Waals surface area contributed by atoms with Gasteiger partial charge in [-0.1, -0.05) is 6.42 Å². The summed E-state index contributed by atoms with van der Waals surface area (Å²) in [6.07, 6.45) is 6.52. The molecule has 0 unspecified atom stereocenters. The summed E-state index contributed by atoms with van der Waals surface area (Å²) < 4.78 is 0. The molecule has 3 nitrogen and oxygen atoms in total. The fourth-order valence-electron chi connectivity index (χ4n) is 1.06. The van der Waals surface area contributed by atoms with E-state index >= 15 is 0 Å². The molecule has 1 aliphatic rings. The van der Waals surface area contributed by atoms with Crippen LogP contribution >= 0.6 is 0 Å². The lowest BCUT2D eigenvalue weighted by Gasteiger charge is -2.24. The van der Waals surface area contributed by atoms with Gasteiger partial charge in [-0.15, -0.1) is 0 Å². The van der Waals surface area contributed by atoms with Gasteiger partial charge in [0.15, 0.2) is 0 Å². The average Bonchev–Trinajstić information content (AvgIpc) is 1.82. The molecule has 0 aromatic heterocycles. The first-order chi connectivity index (χ1) is 5.29. The fourth-order valence-corrected chi connectivity index (χ4v) is 1.06. The van der Waals surface area contributed by atoms with Crippen LogP contribution in [-0.4, -0.2) is 17.6 Å². The van der Waals surface area contributed by atoms with Crippen LogP contribution in [-0.2, 0) is 4.79 Å². The molecule has 0 aromatic rings. The molecular formula is C8H13NO2. The molecule has 11 heavy (non-hydrogen) atoms. The summed E-state index contributed by atoms with van der Waals surface area (Å²) in [5.74, 6) is -0.125. The standard InChI is InChI=1S/C8H13NO2/c10-8(11)4-5-9-6-7-2-1-3-7/h4-5,7,9H,1-3,6H2,(H,10,11)/b5-4+. The minimum absolute atomic E-state index is 0.772. The predicted octanol–water partition coefficient (Wildman–Crippen LogP) is 0.974. The van der Waals surface area contributed by atoms with Gasteiger partial charge in [-0.2, -0.15) is 0 Å². The van der Waals surface area contributed by atoms with E-state index in [4.69, 9.17) is 5.11 Å². The van der Waals surface area contributed by atoms with Gasteiger partial charge in [0.25, 0.3) is 0 Å². The molecule has 0 bridgehead atoms. The van der Waals surface area contributed by atoms with Crippen LogP contribution in [0.15, 0.2) is 12.3 Å². The van der Waals surface area contributed by atoms with Gasteiger partial charge < -0.3 is 10.4 Å². The van der Waals surface area contributed by atoms with E-state index in [1.54, 1.807) is 0 Å². The number of aliphatic carboxylic acids is 1. The van der Waals surface area contributed by atoms with Crippen molar-refractivity contribution in [2.75, 3.05) is 6.54 Å². The molecule has 2 N–H and O–H groups in total. The van der Waals surface area contributed by atoms with Crippen molar-refractivity contribution in [3.05, 3.63) is 12.3 Å². The summed E-state index contributed by atoms with van der Waals surface area (Å²) in [7, 11) is 0. The number of carboxylic acid groups (broad SMARTS) is 1. The second-order valence-corrected chi connectivity index (χ2v) is 2.88. The molecule has 0 aromatic carbocycles. The van der Waals surface area contributed by atoms with E-state index in [0.29, 0.717) is 0 Å². The summed E-state index contributed by atoms with van der Waals surface area (Å²) in [6.45, 7) is 0.920. The van der Waals surface area contributed by atoms with E-state index in [-0.39, 0.29) is 0 Å². The van der Waals surface area contributed by atoms with Crippen LogP contribution in [0.3, 0.4) is 0 Å². The highest BCUT2D eigenvalue weighted by atomic mass is 16.4. The third kappa shape index (κ3) is 3.07. The molecule has 1 saturated carbocycles. The van der Waals surface area contributed by atoms with E-state index in [1.807, 2.05) is 0 Å². The first-order valence-corrected chi connectivity index (χ1v) is 3.92. The minimum atomic E-state index is -0.897. The number of carbonyl (C=O) groups is 1. The van der Waals surface area contributed by atoms with Gasteiger partial charge in [0.1, 0.15) is 0 Å². The minimum Gasteiger partial charge on any atom is -0.478 e. The van der Waals surface area contributed by atoms with Crippen LogP contribution in [0.2, 0.25) is 0 Å². The van der Waals surface area contributed by atoms with Crippen LogP contribution in [0.4, 0.5) is 0 Å². The number of nitrogens with one attached hydrogen (secondary N) is 1. The smallest absolute Gasteiger partial charge is 0.329 e. The van der Waals surface area contributed by atoms with Crippen molar-refractivity contribution in [3.63, 3.8) is 0 Å². The first-order valence-electron chi connectivity index (χ1n) is 3.92. The van der Waals surface area contributed by atoms with Gasteiger partial charge >= 0.3 is 5.97 Å². The van der Waals surface area contributed by atoms with Crippen molar-refractivity contribution >= 4 is 5.97 Å². The molecule has 3 heteroatoms. The summed E-state index contributed by atoms with van der Waals surface area (Å²) in [5, 5.41) is 11.2. The molecule has 62 valence electrons. The Bertz CT molecular complexity index is 161. The predicted molar refractivity (Wildman–Crippen MR) is 42.1 cm³/mol. The Hall–Kier alpha value is -0.990. The maximum Gasteiger partial charge on any atom is 0.329 e. The number of carboxylic acids is 1. The largest absolute Gasteiger partial charge is 0.478 e. The van der Waals surface area contributed by atoms with E-state index in [9.17, 15) is 4.79 Å². The number of hydrogen-bond donors (Lipinski definition) is 2. The monoisotopic (exact) mass is 155 g/mol. The summed E-state index contributed by atoms with van der Waals surface area (Å²) in [4.78, 5) is 10.0. The molecule has 1 fully saturated rings. The summed E-state index contributed by atoms with van der Waals surface area (Å²) in [5.41, 5.74) is 0. The quantitative estimate of drug-likeness (QED) is 0.595. The highest BCUT2D eigenvalue weighted by molar-refractivity contribution is 5.79. The Kier molecular flexibility index (Phi) is 2.95. The number of rotatable bonds is 4. The van der Waals surface area contributed by atoms with Crippen LogP contribution in [0.5, 0.6) is 0 Å². The molecule has 1 rings (SSSR count). The van der Waals surface area contributed by atoms with Crippen molar-refractivity contribution in [2.45, 2.75) is 19.3 Å². The lowest BCUT2D eigenvalue weighted by molar-refractivity contribution is -0.131. The Balaban J connectivity index is 1.98. The molecule has 0 amide bonds. The summed E-state index contributed by atoms with van der Waals surface area (Å²) >= 11 is 0. The van der Waals surface area contributed by atoms with E-state index in [1.165, 1.54) is 25.5 Å². The molecule has 0 saturated heterocycles. The van der Waals surface area contributed by atoms with Gasteiger partial charge in [0, 0.05) is 18.8 Å². The molecule has 1 aliphatic carbocycles. The Morgan fingerprint density at radius 2 is 2.36 bits per heavy atom. The Morgan fingerprint density at radius 1 is 1.64 bits per heavy atom. The van der Waals surface area contributed by atoms with Crippen LogP contribution in [0.1, 0.15) is 19.3 Å². The van der Waals surface area contributed by atoms with Crippen molar-refractivity contribution in [3.8, 4) is 0 Å². The molecule has 0 radical (unpaired) electrons. The van der Waals surface area contributed by atoms with E-state index < -0.39 is 5.97 Å². The summed E-state index contributed by atoms with van der Waals surface area (Å²) in [6, 6.07) is 0. The molecule has 0 spiro atoms. The zero-order valence-electron chi connectivity index (χ0n) is 6.42. The van der Waals surface area contributed by atoms with Crippen LogP contribution in [0.25, 0.3) is 0 Å². The Labute approximate surface area is 66.1 Å². The van der Waals surface area contributed by atoms with Crippen molar-refractivity contribution in [1.29, 1.82) is 0 Å². The van der Waals surface area contributed by atoms with Crippen molar-refractivity contribution in [1.82, 2.24) is 5.32 Å². The highest BCUT2D eigenvalue weighted by Gasteiger charge is 2.15. The van der Waals surface area contributed by atoms with Crippen molar-refractivity contribution < 1.29 is 9.90 Å². The SMILES string of the molecule is O=C(O)/C=C/NCC1CCC1. The van der Waals surface area contributed by atoms with Crippen molar-refractivity contribution in [2.24, 2.45) is 5.92 Å². The van der Waals surface area contributed by atoms with Gasteiger partial charge in [0.2, 0.25) is 0 Å². The van der Waals surface area contributed by atoms with E-state index in [2.05, 4.69) is 5.32 Å². The highest BCUT2D eigenvalue weighted by Crippen LogP contribution is 2.24. The topological polar surface area (TPSA) is 49.3 Å². The van der Waals surface area contributed by atoms with Gasteiger partial charge in [-0.3, -0.25) is 0 Å². The second kappa shape index (κ2) is 4.01. The molecule has 0 heterocycles. The second-order valence-electron chi connectivity index (χ2n) is 2.88. The maximum atomic E-state index is 10.0. The zero-order chi connectivity index (χ0) is 8.10. The average molecular weight is 155 g/mol. The fraction of sp³-hybridized carbons (Fsp3) is 0.625. The zero-order valence-corrected chi connectivity index (χ0v) is 6.42. The van der Waals surface area contributed by atoms with Crippen LogP contribution < -0.4 is 5.32 Å². The number of hydrogen-bond acceptors (Lipinski definition) is 2. The third-order valence-electron chi connectivity index (χ3n) is 1.98. The van der Waals surface area contributed by atoms with Gasteiger partial charge in [-0.05, 0) is 18.8 Å². The molecule has 0 aliphatic heterocycles.